The summed E-state index contributed by atoms with van der Waals surface area (Å²) in [7, 11) is 0. The van der Waals surface area contributed by atoms with Crippen molar-refractivity contribution >= 4 is 0 Å². The van der Waals surface area contributed by atoms with Crippen molar-refractivity contribution in [1.29, 1.82) is 0 Å². The molecular weight excluding hydrogens is 204 g/mol. The zero-order valence-corrected chi connectivity index (χ0v) is 11.3. The number of hydrogen-bond donors (Lipinski definition) is 0. The van der Waals surface area contributed by atoms with Crippen molar-refractivity contribution in [3.8, 4) is 0 Å². The molecule has 0 nitrogen and oxygen atoms in total. The van der Waals surface area contributed by atoms with Crippen molar-refractivity contribution in [2.75, 3.05) is 0 Å². The van der Waals surface area contributed by atoms with Gasteiger partial charge in [-0.05, 0) is 67.1 Å². The minimum absolute atomic E-state index is 0.847. The number of rotatable bonds is 1. The molecule has 7 atom stereocenters. The number of allylic oxidation sites excluding steroid dienone is 4. The van der Waals surface area contributed by atoms with Crippen LogP contribution in [-0.4, -0.2) is 0 Å². The molecule has 0 aliphatic heterocycles. The first-order valence-electron chi connectivity index (χ1n) is 7.56. The molecule has 4 aliphatic rings. The molecule has 7 unspecified atom stereocenters. The Kier molecular flexibility index (Phi) is 2.00. The molecule has 92 valence electrons. The van der Waals surface area contributed by atoms with Gasteiger partial charge in [-0.2, -0.15) is 0 Å². The van der Waals surface area contributed by atoms with Crippen LogP contribution < -0.4 is 0 Å². The van der Waals surface area contributed by atoms with Crippen molar-refractivity contribution in [2.45, 2.75) is 33.6 Å². The average molecular weight is 228 g/mol. The Morgan fingerprint density at radius 1 is 1.12 bits per heavy atom. The summed E-state index contributed by atoms with van der Waals surface area (Å²) < 4.78 is 0. The number of fused-ring (bicyclic) bond motifs is 9. The fraction of sp³-hybridized carbons (Fsp3) is 0.765. The Morgan fingerprint density at radius 2 is 1.82 bits per heavy atom. The Labute approximate surface area is 105 Å². The Balaban J connectivity index is 1.76. The summed E-state index contributed by atoms with van der Waals surface area (Å²) in [5, 5.41) is 0. The fourth-order valence-electron chi connectivity index (χ4n) is 6.20. The Bertz CT molecular complexity index is 400. The van der Waals surface area contributed by atoms with Gasteiger partial charge in [0.25, 0.3) is 0 Å². The van der Waals surface area contributed by atoms with E-state index in [0.29, 0.717) is 0 Å². The smallest absolute Gasteiger partial charge is 0.0146 e. The lowest BCUT2D eigenvalue weighted by molar-refractivity contribution is 0.166. The Morgan fingerprint density at radius 3 is 2.47 bits per heavy atom. The zero-order chi connectivity index (χ0) is 11.7. The third-order valence-electron chi connectivity index (χ3n) is 6.39. The van der Waals surface area contributed by atoms with Crippen LogP contribution in [0.15, 0.2) is 23.8 Å². The van der Waals surface area contributed by atoms with Crippen LogP contribution >= 0.6 is 0 Å². The molecule has 0 aromatic rings. The van der Waals surface area contributed by atoms with Crippen LogP contribution in [0.3, 0.4) is 0 Å². The summed E-state index contributed by atoms with van der Waals surface area (Å²) in [5.41, 5.74) is 1.84. The van der Waals surface area contributed by atoms with E-state index < -0.39 is 0 Å². The van der Waals surface area contributed by atoms with Gasteiger partial charge in [-0.15, -0.1) is 0 Å². The fourth-order valence-corrected chi connectivity index (χ4v) is 6.20. The summed E-state index contributed by atoms with van der Waals surface area (Å²) in [4.78, 5) is 0. The number of hydrogen-bond acceptors (Lipinski definition) is 0. The molecule has 0 heterocycles. The van der Waals surface area contributed by atoms with E-state index in [-0.39, 0.29) is 0 Å². The van der Waals surface area contributed by atoms with Crippen LogP contribution in [0.2, 0.25) is 0 Å². The van der Waals surface area contributed by atoms with Gasteiger partial charge >= 0.3 is 0 Å². The SMILES string of the molecule is C/C=C1\C2CC(C1C(C)C)C1C3C=CC(C3)C21. The van der Waals surface area contributed by atoms with Crippen molar-refractivity contribution in [1.82, 2.24) is 0 Å². The van der Waals surface area contributed by atoms with E-state index in [4.69, 9.17) is 0 Å². The van der Waals surface area contributed by atoms with E-state index in [1.54, 1.807) is 0 Å². The summed E-state index contributed by atoms with van der Waals surface area (Å²) in [6.07, 6.45) is 10.6. The Hall–Kier alpha value is -0.520. The van der Waals surface area contributed by atoms with Crippen LogP contribution in [-0.2, 0) is 0 Å². The topological polar surface area (TPSA) is 0 Å². The van der Waals surface area contributed by atoms with Crippen molar-refractivity contribution < 1.29 is 0 Å². The molecule has 4 bridgehead atoms. The van der Waals surface area contributed by atoms with E-state index in [1.165, 1.54) is 12.8 Å². The van der Waals surface area contributed by atoms with E-state index in [9.17, 15) is 0 Å². The summed E-state index contributed by atoms with van der Waals surface area (Å²) in [5.74, 6) is 7.75. The molecule has 0 aromatic carbocycles. The third kappa shape index (κ3) is 1.10. The van der Waals surface area contributed by atoms with Gasteiger partial charge in [0.15, 0.2) is 0 Å². The zero-order valence-electron chi connectivity index (χ0n) is 11.3. The normalized spacial score (nSPS) is 56.5. The summed E-state index contributed by atoms with van der Waals surface area (Å²) in [6, 6.07) is 0. The highest BCUT2D eigenvalue weighted by Gasteiger charge is 2.62. The maximum absolute atomic E-state index is 2.55. The van der Waals surface area contributed by atoms with E-state index in [0.717, 1.165) is 47.3 Å². The molecule has 0 heteroatoms. The second-order valence-electron chi connectivity index (χ2n) is 7.17. The first-order chi connectivity index (χ1) is 8.22. The van der Waals surface area contributed by atoms with Gasteiger partial charge in [-0.3, -0.25) is 0 Å². The lowest BCUT2D eigenvalue weighted by atomic mass is 9.64. The van der Waals surface area contributed by atoms with Crippen molar-refractivity contribution in [2.24, 2.45) is 47.3 Å². The van der Waals surface area contributed by atoms with Gasteiger partial charge in [-0.25, -0.2) is 0 Å². The lowest BCUT2D eigenvalue weighted by Gasteiger charge is -2.40. The minimum Gasteiger partial charge on any atom is -0.0879 e. The molecule has 4 aliphatic carbocycles. The van der Waals surface area contributed by atoms with Crippen LogP contribution in [0.1, 0.15) is 33.6 Å². The van der Waals surface area contributed by atoms with E-state index in [2.05, 4.69) is 39.0 Å². The standard InChI is InChI=1S/C17H24/c1-4-12-13-8-14(15(12)9(2)3)17-11-6-5-10(7-11)16(13)17/h4-6,9-11,13-17H,7-8H2,1-3H3/b12-4+. The molecule has 0 aromatic heterocycles. The van der Waals surface area contributed by atoms with Crippen molar-refractivity contribution in [3.63, 3.8) is 0 Å². The molecule has 17 heavy (non-hydrogen) atoms. The molecule has 3 fully saturated rings. The van der Waals surface area contributed by atoms with Crippen molar-refractivity contribution in [3.05, 3.63) is 23.8 Å². The van der Waals surface area contributed by atoms with Gasteiger partial charge in [0, 0.05) is 0 Å². The third-order valence-corrected chi connectivity index (χ3v) is 6.39. The minimum atomic E-state index is 0.847. The maximum atomic E-state index is 2.55. The molecule has 0 amide bonds. The van der Waals surface area contributed by atoms with Gasteiger partial charge in [0.1, 0.15) is 0 Å². The van der Waals surface area contributed by atoms with Crippen LogP contribution in [0, 0.1) is 47.3 Å². The molecule has 3 saturated carbocycles. The second-order valence-corrected chi connectivity index (χ2v) is 7.17. The largest absolute Gasteiger partial charge is 0.0879 e. The summed E-state index contributed by atoms with van der Waals surface area (Å²) >= 11 is 0. The summed E-state index contributed by atoms with van der Waals surface area (Å²) in [6.45, 7) is 7.16. The predicted octanol–water partition coefficient (Wildman–Crippen LogP) is 4.29. The first kappa shape index (κ1) is 10.4. The monoisotopic (exact) mass is 228 g/mol. The quantitative estimate of drug-likeness (QED) is 0.464. The van der Waals surface area contributed by atoms with E-state index in [1.807, 2.05) is 5.57 Å². The average Bonchev–Trinajstić information content (AvgIpc) is 3.03. The van der Waals surface area contributed by atoms with Gasteiger partial charge in [-0.1, -0.05) is 37.6 Å². The van der Waals surface area contributed by atoms with Crippen LogP contribution in [0.5, 0.6) is 0 Å². The molecule has 0 saturated heterocycles. The van der Waals surface area contributed by atoms with Crippen LogP contribution in [0.25, 0.3) is 0 Å². The van der Waals surface area contributed by atoms with E-state index >= 15 is 0 Å². The molecule has 0 radical (unpaired) electrons. The highest BCUT2D eigenvalue weighted by Crippen LogP contribution is 2.69. The molecule has 0 spiro atoms. The highest BCUT2D eigenvalue weighted by atomic mass is 14.7. The maximum Gasteiger partial charge on any atom is -0.0146 e. The molecule has 0 N–H and O–H groups in total. The molecular formula is C17H24. The molecule has 4 rings (SSSR count). The van der Waals surface area contributed by atoms with Gasteiger partial charge < -0.3 is 0 Å². The highest BCUT2D eigenvalue weighted by molar-refractivity contribution is 5.31. The van der Waals surface area contributed by atoms with Gasteiger partial charge in [0.05, 0.1) is 0 Å². The first-order valence-corrected chi connectivity index (χ1v) is 7.56. The van der Waals surface area contributed by atoms with Crippen LogP contribution in [0.4, 0.5) is 0 Å². The predicted molar refractivity (Wildman–Crippen MR) is 71.4 cm³/mol. The van der Waals surface area contributed by atoms with Gasteiger partial charge in [0.2, 0.25) is 0 Å². The second kappa shape index (κ2) is 3.28. The lowest BCUT2D eigenvalue weighted by Crippen LogP contribution is -2.34.